The summed E-state index contributed by atoms with van der Waals surface area (Å²) in [6.45, 7) is 7.56. The number of amides is 3. The molecule has 1 aromatic carbocycles. The average Bonchev–Trinajstić information content (AvgIpc) is 2.58. The summed E-state index contributed by atoms with van der Waals surface area (Å²) in [4.78, 5) is 28.4. The number of carbonyl (C=O) groups excluding carboxylic acids is 2. The molecule has 2 rings (SSSR count). The number of anilines is 1. The minimum absolute atomic E-state index is 0.0915. The highest BCUT2D eigenvalue weighted by molar-refractivity contribution is 5.87. The van der Waals surface area contributed by atoms with Crippen LogP contribution in [0, 0.1) is 5.41 Å². The third kappa shape index (κ3) is 4.87. The van der Waals surface area contributed by atoms with Crippen LogP contribution in [0.4, 0.5) is 10.5 Å². The number of nitrogens with one attached hydrogen (secondary N) is 1. The van der Waals surface area contributed by atoms with Gasteiger partial charge in [0.1, 0.15) is 6.04 Å². The lowest BCUT2D eigenvalue weighted by Gasteiger charge is -2.41. The molecule has 138 valence electrons. The molecule has 3 N–H and O–H groups in total. The van der Waals surface area contributed by atoms with Gasteiger partial charge in [-0.3, -0.25) is 4.79 Å². The number of para-hydroxylation sites is 1. The van der Waals surface area contributed by atoms with Crippen molar-refractivity contribution in [3.63, 3.8) is 0 Å². The second kappa shape index (κ2) is 7.76. The van der Waals surface area contributed by atoms with Gasteiger partial charge in [0.15, 0.2) is 0 Å². The van der Waals surface area contributed by atoms with E-state index in [9.17, 15) is 9.59 Å². The van der Waals surface area contributed by atoms with Gasteiger partial charge in [0.2, 0.25) is 5.91 Å². The number of urea groups is 1. The molecule has 0 saturated carbocycles. The third-order valence-electron chi connectivity index (χ3n) is 4.81. The lowest BCUT2D eigenvalue weighted by atomic mass is 9.85. The van der Waals surface area contributed by atoms with Crippen molar-refractivity contribution in [2.75, 3.05) is 25.0 Å². The minimum Gasteiger partial charge on any atom is -0.369 e. The Morgan fingerprint density at radius 1 is 1.28 bits per heavy atom. The van der Waals surface area contributed by atoms with Crippen molar-refractivity contribution in [1.29, 1.82) is 0 Å². The van der Waals surface area contributed by atoms with Gasteiger partial charge in [-0.1, -0.05) is 39.0 Å². The lowest BCUT2D eigenvalue weighted by molar-refractivity contribution is -0.136. The molecule has 0 bridgehead atoms. The van der Waals surface area contributed by atoms with Crippen LogP contribution in [0.1, 0.15) is 33.6 Å². The predicted octanol–water partition coefficient (Wildman–Crippen LogP) is 2.20. The maximum atomic E-state index is 13.0. The molecule has 0 aromatic heterocycles. The molecule has 1 heterocycles. The van der Waals surface area contributed by atoms with Crippen LogP contribution in [-0.4, -0.2) is 49.1 Å². The Morgan fingerprint density at radius 2 is 1.92 bits per heavy atom. The highest BCUT2D eigenvalue weighted by atomic mass is 16.2. The summed E-state index contributed by atoms with van der Waals surface area (Å²) in [5.41, 5.74) is 6.04. The van der Waals surface area contributed by atoms with Gasteiger partial charge < -0.3 is 20.9 Å². The van der Waals surface area contributed by atoms with Crippen LogP contribution in [0.15, 0.2) is 30.3 Å². The molecule has 2 unspecified atom stereocenters. The average molecular weight is 346 g/mol. The highest BCUT2D eigenvalue weighted by Gasteiger charge is 2.37. The summed E-state index contributed by atoms with van der Waals surface area (Å²) in [5.74, 6) is -0.0915. The van der Waals surface area contributed by atoms with E-state index in [1.165, 1.54) is 5.69 Å². The first-order chi connectivity index (χ1) is 11.7. The van der Waals surface area contributed by atoms with E-state index in [2.05, 4.69) is 22.3 Å². The van der Waals surface area contributed by atoms with Crippen LogP contribution >= 0.6 is 0 Å². The Hall–Kier alpha value is -2.24. The van der Waals surface area contributed by atoms with Gasteiger partial charge in [-0.15, -0.1) is 0 Å². The maximum absolute atomic E-state index is 13.0. The largest absolute Gasteiger partial charge is 0.369 e. The fourth-order valence-electron chi connectivity index (χ4n) is 3.32. The molecule has 2 atom stereocenters. The zero-order valence-corrected chi connectivity index (χ0v) is 15.7. The summed E-state index contributed by atoms with van der Waals surface area (Å²) in [6, 6.07) is 9.05. The number of likely N-dealkylation sites (N-methyl/N-ethyl adjacent to an activating group) is 1. The van der Waals surface area contributed by atoms with Crippen LogP contribution in [0.3, 0.4) is 0 Å². The van der Waals surface area contributed by atoms with Crippen LogP contribution < -0.4 is 16.0 Å². The summed E-state index contributed by atoms with van der Waals surface area (Å²) < 4.78 is 0. The number of nitrogens with two attached hydrogens (primary N) is 1. The molecular weight excluding hydrogens is 316 g/mol. The molecule has 1 fully saturated rings. The van der Waals surface area contributed by atoms with E-state index in [1.807, 2.05) is 46.0 Å². The lowest BCUT2D eigenvalue weighted by Crippen LogP contribution is -2.59. The molecule has 1 aliphatic heterocycles. The van der Waals surface area contributed by atoms with Crippen LogP contribution in [0.2, 0.25) is 0 Å². The fourth-order valence-corrected chi connectivity index (χ4v) is 3.32. The van der Waals surface area contributed by atoms with Crippen LogP contribution in [-0.2, 0) is 4.79 Å². The zero-order chi connectivity index (χ0) is 18.6. The van der Waals surface area contributed by atoms with E-state index in [0.717, 1.165) is 25.9 Å². The molecule has 0 radical (unpaired) electrons. The van der Waals surface area contributed by atoms with Crippen LogP contribution in [0.25, 0.3) is 0 Å². The quantitative estimate of drug-likeness (QED) is 0.877. The van der Waals surface area contributed by atoms with Gasteiger partial charge in [-0.05, 0) is 30.4 Å². The topological polar surface area (TPSA) is 78.7 Å². The smallest absolute Gasteiger partial charge is 0.312 e. The number of carbonyl (C=O) groups is 2. The number of benzene rings is 1. The maximum Gasteiger partial charge on any atom is 0.312 e. The molecule has 0 aliphatic carbocycles. The molecular formula is C19H30N4O2. The summed E-state index contributed by atoms with van der Waals surface area (Å²) in [5, 5.41) is 2.62. The number of piperidine rings is 1. The number of nitrogens with zero attached hydrogens (tertiary/aromatic N) is 2. The molecule has 1 aromatic rings. The van der Waals surface area contributed by atoms with Gasteiger partial charge in [0.25, 0.3) is 0 Å². The van der Waals surface area contributed by atoms with Crippen molar-refractivity contribution in [3.05, 3.63) is 30.3 Å². The first kappa shape index (κ1) is 19.1. The Labute approximate surface area is 150 Å². The van der Waals surface area contributed by atoms with Gasteiger partial charge in [-0.2, -0.15) is 0 Å². The molecule has 6 heteroatoms. The Kier molecular flexibility index (Phi) is 5.93. The van der Waals surface area contributed by atoms with Crippen molar-refractivity contribution >= 4 is 17.6 Å². The molecule has 1 aliphatic rings. The van der Waals surface area contributed by atoms with E-state index in [0.29, 0.717) is 0 Å². The van der Waals surface area contributed by atoms with E-state index in [4.69, 9.17) is 5.73 Å². The van der Waals surface area contributed by atoms with Gasteiger partial charge in [0.05, 0.1) is 0 Å². The molecule has 0 spiro atoms. The second-order valence-electron chi connectivity index (χ2n) is 7.83. The van der Waals surface area contributed by atoms with E-state index in [-0.39, 0.29) is 11.9 Å². The molecule has 3 amide bonds. The Bertz CT molecular complexity index is 597. The van der Waals surface area contributed by atoms with Crippen molar-refractivity contribution in [2.24, 2.45) is 11.1 Å². The second-order valence-corrected chi connectivity index (χ2v) is 7.83. The summed E-state index contributed by atoms with van der Waals surface area (Å²) in [7, 11) is 1.82. The number of hydrogen-bond acceptors (Lipinski definition) is 3. The van der Waals surface area contributed by atoms with Crippen molar-refractivity contribution in [1.82, 2.24) is 10.2 Å². The summed E-state index contributed by atoms with van der Waals surface area (Å²) >= 11 is 0. The third-order valence-corrected chi connectivity index (χ3v) is 4.81. The van der Waals surface area contributed by atoms with E-state index >= 15 is 0 Å². The standard InChI is InChI=1S/C19H30N4O2/c1-19(2,3)16(21-18(20)25)17(24)22(4)15-11-8-12-23(13-15)14-9-6-5-7-10-14/h5-7,9-10,15-16H,8,11-13H2,1-4H3,(H3,20,21,25). The first-order valence-electron chi connectivity index (χ1n) is 8.83. The normalized spacial score (nSPS) is 19.2. The highest BCUT2D eigenvalue weighted by Crippen LogP contribution is 2.25. The van der Waals surface area contributed by atoms with Crippen molar-refractivity contribution < 1.29 is 9.59 Å². The van der Waals surface area contributed by atoms with Crippen molar-refractivity contribution in [3.8, 4) is 0 Å². The predicted molar refractivity (Wildman–Crippen MR) is 100 cm³/mol. The van der Waals surface area contributed by atoms with Crippen molar-refractivity contribution in [2.45, 2.75) is 45.7 Å². The van der Waals surface area contributed by atoms with E-state index in [1.54, 1.807) is 4.90 Å². The zero-order valence-electron chi connectivity index (χ0n) is 15.7. The first-order valence-corrected chi connectivity index (χ1v) is 8.83. The van der Waals surface area contributed by atoms with Gasteiger partial charge >= 0.3 is 6.03 Å². The number of primary amides is 1. The molecule has 1 saturated heterocycles. The summed E-state index contributed by atoms with van der Waals surface area (Å²) in [6.07, 6.45) is 1.99. The monoisotopic (exact) mass is 346 g/mol. The Morgan fingerprint density at radius 3 is 2.48 bits per heavy atom. The number of rotatable bonds is 4. The Balaban J connectivity index is 2.10. The fraction of sp³-hybridized carbons (Fsp3) is 0.579. The molecule has 6 nitrogen and oxygen atoms in total. The van der Waals surface area contributed by atoms with E-state index < -0.39 is 17.5 Å². The molecule has 25 heavy (non-hydrogen) atoms. The van der Waals surface area contributed by atoms with Crippen LogP contribution in [0.5, 0.6) is 0 Å². The number of hydrogen-bond donors (Lipinski definition) is 2. The SMILES string of the molecule is CN(C(=O)C(NC(N)=O)C(C)(C)C)C1CCCN(c2ccccc2)C1. The minimum atomic E-state index is -0.670. The van der Waals surface area contributed by atoms with Gasteiger partial charge in [0, 0.05) is 31.9 Å². The van der Waals surface area contributed by atoms with Gasteiger partial charge in [-0.25, -0.2) is 4.79 Å².